The zero-order chi connectivity index (χ0) is 22.1. The Kier molecular flexibility index (Phi) is 3.80. The van der Waals surface area contributed by atoms with E-state index < -0.39 is 0 Å². The summed E-state index contributed by atoms with van der Waals surface area (Å²) >= 11 is 0. The smallest absolute Gasteiger partial charge is 0.238 e. The van der Waals surface area contributed by atoms with Crippen LogP contribution in [-0.2, 0) is 9.59 Å². The second kappa shape index (κ2) is 6.76. The van der Waals surface area contributed by atoms with Crippen molar-refractivity contribution in [1.29, 1.82) is 0 Å². The van der Waals surface area contributed by atoms with Crippen LogP contribution in [0.25, 0.3) is 11.1 Å². The van der Waals surface area contributed by atoms with Crippen LogP contribution in [0.5, 0.6) is 0 Å². The van der Waals surface area contributed by atoms with E-state index in [-0.39, 0.29) is 35.5 Å². The highest BCUT2D eigenvalue weighted by molar-refractivity contribution is 6.23. The lowest BCUT2D eigenvalue weighted by Gasteiger charge is -2.45. The molecule has 0 spiro atoms. The summed E-state index contributed by atoms with van der Waals surface area (Å²) in [6, 6.07) is 34.6. The van der Waals surface area contributed by atoms with Crippen LogP contribution in [0.4, 0.5) is 5.69 Å². The van der Waals surface area contributed by atoms with E-state index in [1.807, 2.05) is 66.7 Å². The SMILES string of the molecule is O=C1C2C3c4ccccc4C(c4ccccc43)C2C(=O)N1c1ccc(-c2ccccc2)cc1. The van der Waals surface area contributed by atoms with Crippen LogP contribution in [0.1, 0.15) is 34.1 Å². The van der Waals surface area contributed by atoms with Gasteiger partial charge in [-0.2, -0.15) is 0 Å². The Labute approximate surface area is 192 Å². The summed E-state index contributed by atoms with van der Waals surface area (Å²) in [7, 11) is 0. The maximum atomic E-state index is 13.8. The highest BCUT2D eigenvalue weighted by Crippen LogP contribution is 2.61. The monoisotopic (exact) mass is 427 g/mol. The number of carbonyl (C=O) groups is 2. The number of carbonyl (C=O) groups excluding carboxylic acids is 2. The average molecular weight is 428 g/mol. The predicted octanol–water partition coefficient (Wildman–Crippen LogP) is 5.75. The van der Waals surface area contributed by atoms with Crippen LogP contribution in [0.3, 0.4) is 0 Å². The van der Waals surface area contributed by atoms with E-state index in [2.05, 4.69) is 36.4 Å². The lowest BCUT2D eigenvalue weighted by Crippen LogP contribution is -2.41. The highest BCUT2D eigenvalue weighted by atomic mass is 16.2. The van der Waals surface area contributed by atoms with Crippen LogP contribution in [0.15, 0.2) is 103 Å². The molecule has 2 atom stereocenters. The topological polar surface area (TPSA) is 37.4 Å². The van der Waals surface area contributed by atoms with Gasteiger partial charge in [-0.1, -0.05) is 91.0 Å². The summed E-state index contributed by atoms with van der Waals surface area (Å²) in [5.74, 6) is -0.981. The molecule has 3 nitrogen and oxygen atoms in total. The fourth-order valence-electron chi connectivity index (χ4n) is 6.37. The minimum Gasteiger partial charge on any atom is -0.274 e. The first-order chi connectivity index (χ1) is 16.2. The fourth-order valence-corrected chi connectivity index (χ4v) is 6.37. The summed E-state index contributed by atoms with van der Waals surface area (Å²) < 4.78 is 0. The molecule has 0 radical (unpaired) electrons. The Bertz CT molecular complexity index is 1310. The van der Waals surface area contributed by atoms with E-state index in [0.29, 0.717) is 5.69 Å². The van der Waals surface area contributed by atoms with E-state index in [9.17, 15) is 9.59 Å². The highest BCUT2D eigenvalue weighted by Gasteiger charge is 2.61. The molecule has 4 aromatic rings. The van der Waals surface area contributed by atoms with E-state index in [0.717, 1.165) is 11.1 Å². The summed E-state index contributed by atoms with van der Waals surface area (Å²) in [5, 5.41) is 0. The molecule has 158 valence electrons. The second-order valence-corrected chi connectivity index (χ2v) is 9.19. The normalized spacial score (nSPS) is 24.4. The third kappa shape index (κ3) is 2.45. The van der Waals surface area contributed by atoms with Crippen molar-refractivity contribution in [3.05, 3.63) is 125 Å². The molecule has 0 N–H and O–H groups in total. The molecule has 1 saturated heterocycles. The molecule has 2 amide bonds. The van der Waals surface area contributed by atoms with E-state index in [4.69, 9.17) is 0 Å². The number of hydrogen-bond donors (Lipinski definition) is 0. The quantitative estimate of drug-likeness (QED) is 0.382. The maximum Gasteiger partial charge on any atom is 0.238 e. The largest absolute Gasteiger partial charge is 0.274 e. The van der Waals surface area contributed by atoms with Gasteiger partial charge in [0.2, 0.25) is 11.8 Å². The van der Waals surface area contributed by atoms with Crippen molar-refractivity contribution in [3.63, 3.8) is 0 Å². The molecule has 3 heteroatoms. The minimum absolute atomic E-state index is 0.0718. The third-order valence-electron chi connectivity index (χ3n) is 7.68. The number of hydrogen-bond acceptors (Lipinski definition) is 2. The molecule has 0 aromatic heterocycles. The van der Waals surface area contributed by atoms with Gasteiger partial charge in [0.05, 0.1) is 17.5 Å². The van der Waals surface area contributed by atoms with Crippen molar-refractivity contribution in [3.8, 4) is 11.1 Å². The summed E-state index contributed by atoms with van der Waals surface area (Å²) in [4.78, 5) is 29.1. The Morgan fingerprint density at radius 2 is 0.848 bits per heavy atom. The van der Waals surface area contributed by atoms with Crippen molar-refractivity contribution in [1.82, 2.24) is 0 Å². The Hall–Kier alpha value is -3.98. The number of amides is 2. The van der Waals surface area contributed by atoms with Gasteiger partial charge in [0, 0.05) is 11.8 Å². The second-order valence-electron chi connectivity index (χ2n) is 9.19. The predicted molar refractivity (Wildman–Crippen MR) is 128 cm³/mol. The van der Waals surface area contributed by atoms with Crippen LogP contribution in [0, 0.1) is 11.8 Å². The van der Waals surface area contributed by atoms with Crippen molar-refractivity contribution < 1.29 is 9.59 Å². The molecule has 1 fully saturated rings. The third-order valence-corrected chi connectivity index (χ3v) is 7.68. The molecular formula is C30H21NO2. The Morgan fingerprint density at radius 1 is 0.455 bits per heavy atom. The molecular weight excluding hydrogens is 406 g/mol. The van der Waals surface area contributed by atoms with Crippen molar-refractivity contribution in [2.24, 2.45) is 11.8 Å². The average Bonchev–Trinajstić information content (AvgIpc) is 3.15. The molecule has 33 heavy (non-hydrogen) atoms. The summed E-state index contributed by atoms with van der Waals surface area (Å²) in [6.07, 6.45) is 0. The molecule has 3 aliphatic carbocycles. The zero-order valence-corrected chi connectivity index (χ0v) is 17.9. The minimum atomic E-state index is -0.346. The van der Waals surface area contributed by atoms with Crippen molar-refractivity contribution in [2.45, 2.75) is 11.8 Å². The number of imide groups is 1. The Morgan fingerprint density at radius 3 is 1.30 bits per heavy atom. The van der Waals surface area contributed by atoms with Gasteiger partial charge < -0.3 is 0 Å². The van der Waals surface area contributed by atoms with Crippen LogP contribution < -0.4 is 4.90 Å². The van der Waals surface area contributed by atoms with Crippen molar-refractivity contribution >= 4 is 17.5 Å². The molecule has 4 aliphatic rings. The summed E-state index contributed by atoms with van der Waals surface area (Å²) in [6.45, 7) is 0. The Balaban J connectivity index is 1.33. The number of rotatable bonds is 2. The van der Waals surface area contributed by atoms with Crippen molar-refractivity contribution in [2.75, 3.05) is 4.90 Å². The zero-order valence-electron chi connectivity index (χ0n) is 17.9. The summed E-state index contributed by atoms with van der Waals surface area (Å²) in [5.41, 5.74) is 7.63. The first-order valence-electron chi connectivity index (χ1n) is 11.4. The number of benzene rings is 4. The molecule has 0 saturated carbocycles. The van der Waals surface area contributed by atoms with Gasteiger partial charge in [0.25, 0.3) is 0 Å². The molecule has 2 bridgehead atoms. The molecule has 4 aromatic carbocycles. The van der Waals surface area contributed by atoms with Gasteiger partial charge in [0.15, 0.2) is 0 Å². The van der Waals surface area contributed by atoms with Gasteiger partial charge in [0.1, 0.15) is 0 Å². The lowest BCUT2D eigenvalue weighted by atomic mass is 9.55. The number of nitrogens with zero attached hydrogens (tertiary/aromatic N) is 1. The fraction of sp³-hybridized carbons (Fsp3) is 0.133. The van der Waals surface area contributed by atoms with Gasteiger partial charge in [-0.05, 0) is 45.5 Å². The van der Waals surface area contributed by atoms with Crippen LogP contribution in [0.2, 0.25) is 0 Å². The molecule has 1 aliphatic heterocycles. The molecule has 8 rings (SSSR count). The van der Waals surface area contributed by atoms with Gasteiger partial charge >= 0.3 is 0 Å². The van der Waals surface area contributed by atoms with Crippen LogP contribution >= 0.6 is 0 Å². The van der Waals surface area contributed by atoms with E-state index in [1.165, 1.54) is 27.2 Å². The van der Waals surface area contributed by atoms with Gasteiger partial charge in [-0.25, -0.2) is 4.90 Å². The van der Waals surface area contributed by atoms with E-state index >= 15 is 0 Å². The first-order valence-corrected chi connectivity index (χ1v) is 11.4. The lowest BCUT2D eigenvalue weighted by molar-refractivity contribution is -0.122. The van der Waals surface area contributed by atoms with Gasteiger partial charge in [-0.3, -0.25) is 9.59 Å². The molecule has 2 unspecified atom stereocenters. The first kappa shape index (κ1) is 18.6. The number of anilines is 1. The maximum absolute atomic E-state index is 13.8. The van der Waals surface area contributed by atoms with Gasteiger partial charge in [-0.15, -0.1) is 0 Å². The molecule has 1 heterocycles. The standard InChI is InChI=1S/C30H21NO2/c32-29-27-25-21-10-4-5-11-22(21)26(24-13-7-6-12-23(24)25)28(27)30(33)31(29)20-16-14-19(15-17-20)18-8-2-1-3-9-18/h1-17,25-28H. The van der Waals surface area contributed by atoms with Crippen LogP contribution in [-0.4, -0.2) is 11.8 Å². The van der Waals surface area contributed by atoms with E-state index in [1.54, 1.807) is 0 Å².